The molecule has 0 spiro atoms. The molecular weight excluding hydrogens is 518 g/mol. The Kier molecular flexibility index (Phi) is 7.85. The summed E-state index contributed by atoms with van der Waals surface area (Å²) in [7, 11) is -1.77. The lowest BCUT2D eigenvalue weighted by atomic mass is 10.0. The Hall–Kier alpha value is -3.51. The third-order valence-corrected chi connectivity index (χ3v) is 7.70. The summed E-state index contributed by atoms with van der Waals surface area (Å²) in [6, 6.07) is 14.9. The van der Waals surface area contributed by atoms with Crippen LogP contribution in [0, 0.1) is 6.92 Å². The number of aromatic nitrogens is 3. The van der Waals surface area contributed by atoms with Crippen molar-refractivity contribution in [1.29, 1.82) is 0 Å². The third kappa shape index (κ3) is 5.91. The second kappa shape index (κ2) is 11.3. The van der Waals surface area contributed by atoms with Crippen molar-refractivity contribution < 1.29 is 23.0 Å². The first-order chi connectivity index (χ1) is 18.7. The van der Waals surface area contributed by atoms with Crippen LogP contribution in [0.5, 0.6) is 5.75 Å². The smallest absolute Gasteiger partial charge is 0.236 e. The zero-order valence-electron chi connectivity index (χ0n) is 22.2. The van der Waals surface area contributed by atoms with E-state index in [1.165, 1.54) is 10.2 Å². The van der Waals surface area contributed by atoms with Crippen molar-refractivity contribution in [2.45, 2.75) is 25.5 Å². The lowest BCUT2D eigenvalue weighted by molar-refractivity contribution is 0.108. The Morgan fingerprint density at radius 2 is 2.03 bits per heavy atom. The van der Waals surface area contributed by atoms with Crippen LogP contribution in [-0.2, 0) is 14.8 Å². The number of ether oxygens (including phenoxy) is 2. The van der Waals surface area contributed by atoms with E-state index in [1.54, 1.807) is 19.3 Å². The Morgan fingerprint density at radius 1 is 1.21 bits per heavy atom. The van der Waals surface area contributed by atoms with Gasteiger partial charge in [-0.05, 0) is 38.6 Å². The molecule has 3 N–H and O–H groups in total. The number of benzene rings is 2. The monoisotopic (exact) mass is 551 g/mol. The standard InChI is InChI=1S/C28H33N5O5S/c1-18-26(24-15-33(39(3,35)36)25-10-5-4-9-23(24)25)31-28(32-27(18)30-20-11-12-37-16-20)19-7-6-8-22(13-19)38-17-21(34)14-29-2/h4-10,13,15,20-21,29,34H,11-12,14,16-17H2,1-3H3,(H,30,31,32)/t20-,21-/m1/s1. The number of aliphatic hydroxyl groups excluding tert-OH is 1. The van der Waals surface area contributed by atoms with Crippen molar-refractivity contribution in [3.8, 4) is 28.4 Å². The normalized spacial score (nSPS) is 16.5. The third-order valence-electron chi connectivity index (χ3n) is 6.68. The van der Waals surface area contributed by atoms with E-state index in [1.807, 2.05) is 49.4 Å². The average Bonchev–Trinajstić information content (AvgIpc) is 3.57. The van der Waals surface area contributed by atoms with Gasteiger partial charge in [-0.3, -0.25) is 0 Å². The van der Waals surface area contributed by atoms with Gasteiger partial charge >= 0.3 is 0 Å². The molecule has 0 aliphatic carbocycles. The predicted molar refractivity (Wildman–Crippen MR) is 152 cm³/mol. The highest BCUT2D eigenvalue weighted by atomic mass is 32.2. The van der Waals surface area contributed by atoms with E-state index in [4.69, 9.17) is 19.4 Å². The highest BCUT2D eigenvalue weighted by Crippen LogP contribution is 2.36. The van der Waals surface area contributed by atoms with Gasteiger partial charge in [-0.1, -0.05) is 30.3 Å². The molecule has 1 saturated heterocycles. The number of para-hydroxylation sites is 1. The molecule has 2 aromatic heterocycles. The van der Waals surface area contributed by atoms with Gasteiger partial charge in [-0.15, -0.1) is 0 Å². The second-order valence-corrected chi connectivity index (χ2v) is 11.6. The van der Waals surface area contributed by atoms with Crippen molar-refractivity contribution in [3.05, 3.63) is 60.3 Å². The molecule has 10 nitrogen and oxygen atoms in total. The molecule has 3 heterocycles. The highest BCUT2D eigenvalue weighted by Gasteiger charge is 2.23. The topological polar surface area (TPSA) is 128 Å². The molecule has 1 aliphatic heterocycles. The first-order valence-corrected chi connectivity index (χ1v) is 14.7. The second-order valence-electron chi connectivity index (χ2n) is 9.74. The van der Waals surface area contributed by atoms with Crippen LogP contribution in [0.2, 0.25) is 0 Å². The summed E-state index contributed by atoms with van der Waals surface area (Å²) in [5.41, 5.74) is 3.46. The number of anilines is 1. The maximum absolute atomic E-state index is 12.6. The summed E-state index contributed by atoms with van der Waals surface area (Å²) >= 11 is 0. The van der Waals surface area contributed by atoms with Crippen LogP contribution < -0.4 is 15.4 Å². The van der Waals surface area contributed by atoms with E-state index in [0.29, 0.717) is 53.9 Å². The van der Waals surface area contributed by atoms with Crippen LogP contribution in [0.4, 0.5) is 5.82 Å². The van der Waals surface area contributed by atoms with Gasteiger partial charge in [0, 0.05) is 41.4 Å². The number of fused-ring (bicyclic) bond motifs is 1. The largest absolute Gasteiger partial charge is 0.491 e. The Balaban J connectivity index is 1.62. The number of aliphatic hydroxyl groups is 1. The van der Waals surface area contributed by atoms with Crippen molar-refractivity contribution in [2.75, 3.05) is 45.0 Å². The van der Waals surface area contributed by atoms with Gasteiger partial charge in [0.2, 0.25) is 10.0 Å². The first kappa shape index (κ1) is 27.1. The zero-order chi connectivity index (χ0) is 27.6. The summed E-state index contributed by atoms with van der Waals surface area (Å²) in [4.78, 5) is 9.83. The number of hydrogen-bond donors (Lipinski definition) is 3. The maximum Gasteiger partial charge on any atom is 0.236 e. The van der Waals surface area contributed by atoms with E-state index in [0.717, 1.165) is 22.9 Å². The molecule has 0 amide bonds. The fraction of sp³-hybridized carbons (Fsp3) is 0.357. The summed E-state index contributed by atoms with van der Waals surface area (Å²) in [6.07, 6.45) is 3.04. The van der Waals surface area contributed by atoms with Gasteiger partial charge in [0.15, 0.2) is 5.82 Å². The molecule has 0 unspecified atom stereocenters. The number of likely N-dealkylation sites (N-methyl/N-ethyl adjacent to an activating group) is 1. The van der Waals surface area contributed by atoms with Crippen LogP contribution in [0.15, 0.2) is 54.7 Å². The molecular formula is C28H33N5O5S. The van der Waals surface area contributed by atoms with Gasteiger partial charge in [0.05, 0.1) is 30.1 Å². The zero-order valence-corrected chi connectivity index (χ0v) is 23.0. The van der Waals surface area contributed by atoms with Crippen molar-refractivity contribution in [1.82, 2.24) is 19.3 Å². The molecule has 206 valence electrons. The van der Waals surface area contributed by atoms with Gasteiger partial charge in [0.1, 0.15) is 24.3 Å². The fourth-order valence-electron chi connectivity index (χ4n) is 4.72. The number of rotatable bonds is 10. The molecule has 1 fully saturated rings. The molecule has 5 rings (SSSR count). The van der Waals surface area contributed by atoms with Gasteiger partial charge in [0.25, 0.3) is 0 Å². The van der Waals surface area contributed by atoms with E-state index in [9.17, 15) is 13.5 Å². The fourth-order valence-corrected chi connectivity index (χ4v) is 5.53. The molecule has 2 aromatic carbocycles. The molecule has 11 heteroatoms. The Bertz CT molecular complexity index is 1580. The molecule has 0 saturated carbocycles. The first-order valence-electron chi connectivity index (χ1n) is 12.8. The lowest BCUT2D eigenvalue weighted by Gasteiger charge is -2.17. The van der Waals surface area contributed by atoms with Gasteiger partial charge < -0.3 is 25.2 Å². The van der Waals surface area contributed by atoms with Crippen LogP contribution >= 0.6 is 0 Å². The molecule has 0 radical (unpaired) electrons. The van der Waals surface area contributed by atoms with Gasteiger partial charge in [-0.2, -0.15) is 0 Å². The Labute approximate surface area is 228 Å². The minimum Gasteiger partial charge on any atom is -0.491 e. The number of nitrogens with one attached hydrogen (secondary N) is 2. The summed E-state index contributed by atoms with van der Waals surface area (Å²) in [5, 5.41) is 17.2. The van der Waals surface area contributed by atoms with E-state index >= 15 is 0 Å². The van der Waals surface area contributed by atoms with E-state index < -0.39 is 16.1 Å². The van der Waals surface area contributed by atoms with Crippen LogP contribution in [-0.4, -0.2) is 79.3 Å². The van der Waals surface area contributed by atoms with Crippen LogP contribution in [0.3, 0.4) is 0 Å². The average molecular weight is 552 g/mol. The minimum atomic E-state index is -3.54. The molecule has 1 aliphatic rings. The predicted octanol–water partition coefficient (Wildman–Crippen LogP) is 3.04. The highest BCUT2D eigenvalue weighted by molar-refractivity contribution is 7.89. The number of hydrogen-bond acceptors (Lipinski definition) is 9. The van der Waals surface area contributed by atoms with Crippen molar-refractivity contribution in [3.63, 3.8) is 0 Å². The SMILES string of the molecule is CNC[C@@H](O)COc1cccc(-c2nc(N[C@@H]3CCOC3)c(C)c(-c3cn(S(C)(=O)=O)c4ccccc34)n2)c1. The summed E-state index contributed by atoms with van der Waals surface area (Å²) in [6.45, 7) is 3.77. The maximum atomic E-state index is 12.6. The summed E-state index contributed by atoms with van der Waals surface area (Å²) in [5.74, 6) is 1.72. The van der Waals surface area contributed by atoms with Crippen molar-refractivity contribution >= 4 is 26.7 Å². The molecule has 39 heavy (non-hydrogen) atoms. The quantitative estimate of drug-likeness (QED) is 0.272. The van der Waals surface area contributed by atoms with Crippen molar-refractivity contribution in [2.24, 2.45) is 0 Å². The summed E-state index contributed by atoms with van der Waals surface area (Å²) < 4.78 is 37.9. The molecule has 2 atom stereocenters. The van der Waals surface area contributed by atoms with E-state index in [-0.39, 0.29) is 12.6 Å². The minimum absolute atomic E-state index is 0.111. The lowest BCUT2D eigenvalue weighted by Crippen LogP contribution is -2.29. The van der Waals surface area contributed by atoms with Gasteiger partial charge in [-0.25, -0.2) is 22.4 Å². The molecule has 0 bridgehead atoms. The number of nitrogens with zero attached hydrogens (tertiary/aromatic N) is 3. The van der Waals surface area contributed by atoms with Crippen LogP contribution in [0.25, 0.3) is 33.5 Å². The van der Waals surface area contributed by atoms with E-state index in [2.05, 4.69) is 10.6 Å². The Morgan fingerprint density at radius 3 is 2.77 bits per heavy atom. The van der Waals surface area contributed by atoms with Crippen LogP contribution in [0.1, 0.15) is 12.0 Å². The molecule has 4 aromatic rings.